The van der Waals surface area contributed by atoms with E-state index in [2.05, 4.69) is 17.6 Å². The van der Waals surface area contributed by atoms with E-state index in [0.29, 0.717) is 12.6 Å². The molecule has 1 heterocycles. The van der Waals surface area contributed by atoms with Crippen LogP contribution in [-0.2, 0) is 11.3 Å². The smallest absolute Gasteiger partial charge is 0.407 e. The number of halogens is 1. The Morgan fingerprint density at radius 1 is 1.44 bits per heavy atom. The van der Waals surface area contributed by atoms with Crippen LogP contribution in [-0.4, -0.2) is 24.7 Å². The van der Waals surface area contributed by atoms with Crippen LogP contribution in [0.1, 0.15) is 18.9 Å². The molecule has 0 aromatic heterocycles. The lowest BCUT2D eigenvalue weighted by Crippen LogP contribution is -2.36. The van der Waals surface area contributed by atoms with E-state index < -0.39 is 0 Å². The van der Waals surface area contributed by atoms with Gasteiger partial charge in [0, 0.05) is 18.6 Å². The molecule has 1 aliphatic rings. The summed E-state index contributed by atoms with van der Waals surface area (Å²) in [7, 11) is 0. The summed E-state index contributed by atoms with van der Waals surface area (Å²) in [4.78, 5) is 11.5. The largest absolute Gasteiger partial charge is 0.445 e. The first-order valence-corrected chi connectivity index (χ1v) is 5.94. The Balaban J connectivity index is 0.00000162. The molecule has 1 fully saturated rings. The Bertz CT molecular complexity index is 373. The Morgan fingerprint density at radius 2 is 2.17 bits per heavy atom. The highest BCUT2D eigenvalue weighted by Gasteiger charge is 2.22. The van der Waals surface area contributed by atoms with Crippen LogP contribution in [0.5, 0.6) is 0 Å². The quantitative estimate of drug-likeness (QED) is 0.884. The molecule has 4 nitrogen and oxygen atoms in total. The SMILES string of the molecule is C[C@H]1C[C@H](NC(=O)OCc2ccccc2)CN1.Cl. The van der Waals surface area contributed by atoms with Gasteiger partial charge in [0.15, 0.2) is 0 Å². The van der Waals surface area contributed by atoms with Crippen LogP contribution < -0.4 is 10.6 Å². The molecule has 2 atom stereocenters. The molecule has 1 aromatic carbocycles. The highest BCUT2D eigenvalue weighted by molar-refractivity contribution is 5.85. The molecule has 0 bridgehead atoms. The van der Waals surface area contributed by atoms with Crippen molar-refractivity contribution in [2.45, 2.75) is 32.0 Å². The molecule has 0 spiro atoms. The first-order valence-electron chi connectivity index (χ1n) is 5.94. The van der Waals surface area contributed by atoms with Gasteiger partial charge in [-0.25, -0.2) is 4.79 Å². The molecule has 1 aliphatic heterocycles. The number of carbonyl (C=O) groups excluding carboxylic acids is 1. The number of hydrogen-bond acceptors (Lipinski definition) is 3. The van der Waals surface area contributed by atoms with E-state index >= 15 is 0 Å². The van der Waals surface area contributed by atoms with Gasteiger partial charge in [0.05, 0.1) is 0 Å². The van der Waals surface area contributed by atoms with E-state index in [1.165, 1.54) is 0 Å². The van der Waals surface area contributed by atoms with Gasteiger partial charge in [-0.3, -0.25) is 0 Å². The average Bonchev–Trinajstić information content (AvgIpc) is 2.73. The van der Waals surface area contributed by atoms with E-state index in [1.54, 1.807) is 0 Å². The Hall–Kier alpha value is -1.26. The third kappa shape index (κ3) is 4.55. The van der Waals surface area contributed by atoms with Crippen LogP contribution in [0.15, 0.2) is 30.3 Å². The molecule has 18 heavy (non-hydrogen) atoms. The number of rotatable bonds is 3. The summed E-state index contributed by atoms with van der Waals surface area (Å²) in [6, 6.07) is 10.3. The van der Waals surface area contributed by atoms with E-state index in [0.717, 1.165) is 18.5 Å². The van der Waals surface area contributed by atoms with Crippen molar-refractivity contribution < 1.29 is 9.53 Å². The first-order chi connectivity index (χ1) is 8.24. The van der Waals surface area contributed by atoms with Gasteiger partial charge in [-0.15, -0.1) is 12.4 Å². The molecule has 1 amide bonds. The van der Waals surface area contributed by atoms with Crippen LogP contribution in [0.4, 0.5) is 4.79 Å². The molecule has 100 valence electrons. The van der Waals surface area contributed by atoms with Gasteiger partial charge < -0.3 is 15.4 Å². The zero-order chi connectivity index (χ0) is 12.1. The maximum Gasteiger partial charge on any atom is 0.407 e. The van der Waals surface area contributed by atoms with Crippen LogP contribution in [0.25, 0.3) is 0 Å². The van der Waals surface area contributed by atoms with Crippen LogP contribution in [0.3, 0.4) is 0 Å². The van der Waals surface area contributed by atoms with Gasteiger partial charge in [0.25, 0.3) is 0 Å². The number of alkyl carbamates (subject to hydrolysis) is 1. The highest BCUT2D eigenvalue weighted by Crippen LogP contribution is 2.06. The number of nitrogens with one attached hydrogen (secondary N) is 2. The van der Waals surface area contributed by atoms with Crippen LogP contribution >= 0.6 is 12.4 Å². The fourth-order valence-electron chi connectivity index (χ4n) is 1.98. The second-order valence-electron chi connectivity index (χ2n) is 4.45. The van der Waals surface area contributed by atoms with Gasteiger partial charge in [0.1, 0.15) is 6.61 Å². The summed E-state index contributed by atoms with van der Waals surface area (Å²) in [5.74, 6) is 0. The number of ether oxygens (including phenoxy) is 1. The number of benzene rings is 1. The Labute approximate surface area is 114 Å². The van der Waals surface area contributed by atoms with E-state index in [1.807, 2.05) is 30.3 Å². The summed E-state index contributed by atoms with van der Waals surface area (Å²) in [5.41, 5.74) is 1.00. The molecule has 2 N–H and O–H groups in total. The molecule has 5 heteroatoms. The maximum absolute atomic E-state index is 11.5. The lowest BCUT2D eigenvalue weighted by molar-refractivity contribution is 0.136. The standard InChI is InChI=1S/C13H18N2O2.ClH/c1-10-7-12(8-14-10)15-13(16)17-9-11-5-3-2-4-6-11;/h2-6,10,12,14H,7-9H2,1H3,(H,15,16);1H/t10-,12-;/m0./s1. The predicted molar refractivity (Wildman–Crippen MR) is 72.9 cm³/mol. The van der Waals surface area contributed by atoms with Gasteiger partial charge >= 0.3 is 6.09 Å². The zero-order valence-electron chi connectivity index (χ0n) is 10.4. The van der Waals surface area contributed by atoms with Crippen molar-refractivity contribution in [2.75, 3.05) is 6.54 Å². The fourth-order valence-corrected chi connectivity index (χ4v) is 1.98. The van der Waals surface area contributed by atoms with Crippen molar-refractivity contribution in [1.82, 2.24) is 10.6 Å². The van der Waals surface area contributed by atoms with E-state index in [9.17, 15) is 4.79 Å². The normalized spacial score (nSPS) is 22.1. The summed E-state index contributed by atoms with van der Waals surface area (Å²) in [6.07, 6.45) is 0.621. The third-order valence-electron chi connectivity index (χ3n) is 2.89. The van der Waals surface area contributed by atoms with E-state index in [4.69, 9.17) is 4.74 Å². The van der Waals surface area contributed by atoms with E-state index in [-0.39, 0.29) is 24.5 Å². The lowest BCUT2D eigenvalue weighted by Gasteiger charge is -2.11. The van der Waals surface area contributed by atoms with Crippen molar-refractivity contribution in [3.8, 4) is 0 Å². The fraction of sp³-hybridized carbons (Fsp3) is 0.462. The topological polar surface area (TPSA) is 50.4 Å². The van der Waals surface area contributed by atoms with Gasteiger partial charge in [-0.2, -0.15) is 0 Å². The van der Waals surface area contributed by atoms with Gasteiger partial charge in [-0.05, 0) is 18.9 Å². The summed E-state index contributed by atoms with van der Waals surface area (Å²) in [5, 5.41) is 6.13. The lowest BCUT2D eigenvalue weighted by atomic mass is 10.2. The van der Waals surface area contributed by atoms with Crippen LogP contribution in [0, 0.1) is 0 Å². The first kappa shape index (κ1) is 14.8. The molecule has 0 radical (unpaired) electrons. The molecule has 2 rings (SSSR count). The summed E-state index contributed by atoms with van der Waals surface area (Å²) < 4.78 is 5.15. The Morgan fingerprint density at radius 3 is 2.78 bits per heavy atom. The monoisotopic (exact) mass is 270 g/mol. The average molecular weight is 271 g/mol. The van der Waals surface area contributed by atoms with Gasteiger partial charge in [-0.1, -0.05) is 30.3 Å². The minimum Gasteiger partial charge on any atom is -0.445 e. The molecular formula is C13H19ClN2O2. The summed E-state index contributed by atoms with van der Waals surface area (Å²) >= 11 is 0. The maximum atomic E-state index is 11.5. The van der Waals surface area contributed by atoms with Crippen molar-refractivity contribution in [3.05, 3.63) is 35.9 Å². The molecule has 0 unspecified atom stereocenters. The highest BCUT2D eigenvalue weighted by atomic mass is 35.5. The van der Waals surface area contributed by atoms with Gasteiger partial charge in [0.2, 0.25) is 0 Å². The number of amides is 1. The second kappa shape index (κ2) is 7.24. The van der Waals surface area contributed by atoms with Crippen molar-refractivity contribution >= 4 is 18.5 Å². The minimum absolute atomic E-state index is 0. The number of hydrogen-bond donors (Lipinski definition) is 2. The van der Waals surface area contributed by atoms with Crippen LogP contribution in [0.2, 0.25) is 0 Å². The minimum atomic E-state index is -0.338. The molecular weight excluding hydrogens is 252 g/mol. The third-order valence-corrected chi connectivity index (χ3v) is 2.89. The molecule has 1 aromatic rings. The summed E-state index contributed by atoms with van der Waals surface area (Å²) in [6.45, 7) is 3.25. The van der Waals surface area contributed by atoms with Crippen molar-refractivity contribution in [1.29, 1.82) is 0 Å². The predicted octanol–water partition coefficient (Wildman–Crippen LogP) is 2.08. The Kier molecular flexibility index (Phi) is 5.95. The molecule has 0 aliphatic carbocycles. The van der Waals surface area contributed by atoms with Crippen molar-refractivity contribution in [2.24, 2.45) is 0 Å². The second-order valence-corrected chi connectivity index (χ2v) is 4.45. The number of carbonyl (C=O) groups is 1. The molecule has 1 saturated heterocycles. The van der Waals surface area contributed by atoms with Crippen molar-refractivity contribution in [3.63, 3.8) is 0 Å². The molecule has 0 saturated carbocycles. The zero-order valence-corrected chi connectivity index (χ0v) is 11.2.